The van der Waals surface area contributed by atoms with E-state index in [-0.39, 0.29) is 12.0 Å². The fourth-order valence-electron chi connectivity index (χ4n) is 3.09. The smallest absolute Gasteiger partial charge is 0.238 e. The highest BCUT2D eigenvalue weighted by molar-refractivity contribution is 5.92. The lowest BCUT2D eigenvalue weighted by molar-refractivity contribution is -0.117. The van der Waals surface area contributed by atoms with Gasteiger partial charge in [-0.25, -0.2) is 0 Å². The number of β-amino-alcohol motifs (C(OH)–C–C–N with tert-alkyl or cyclic N) is 1. The van der Waals surface area contributed by atoms with E-state index in [9.17, 15) is 9.90 Å². The van der Waals surface area contributed by atoms with Crippen LogP contribution in [0.3, 0.4) is 0 Å². The highest BCUT2D eigenvalue weighted by atomic mass is 16.3. The second-order valence-corrected chi connectivity index (χ2v) is 5.97. The number of carbonyl (C=O) groups excluding carboxylic acids is 1. The molecule has 1 aromatic rings. The number of aliphatic hydroxyl groups is 1. The van der Waals surface area contributed by atoms with Gasteiger partial charge in [-0.3, -0.25) is 9.69 Å². The number of carbonyl (C=O) groups is 1. The first kappa shape index (κ1) is 14.4. The lowest BCUT2D eigenvalue weighted by Gasteiger charge is -2.18. The van der Waals surface area contributed by atoms with E-state index in [1.54, 1.807) is 0 Å². The van der Waals surface area contributed by atoms with Crippen LogP contribution < -0.4 is 10.2 Å². The molecule has 0 unspecified atom stereocenters. The van der Waals surface area contributed by atoms with Gasteiger partial charge in [-0.2, -0.15) is 0 Å². The van der Waals surface area contributed by atoms with Crippen LogP contribution in [0.15, 0.2) is 24.3 Å². The van der Waals surface area contributed by atoms with Gasteiger partial charge < -0.3 is 15.3 Å². The SMILES string of the molecule is O=C(CN1CC[C@@H](O)C1)Nc1ccc(N2CCCC2)cc1. The van der Waals surface area contributed by atoms with E-state index in [4.69, 9.17) is 0 Å². The standard InChI is InChI=1S/C16H23N3O2/c20-15-7-10-18(11-15)12-16(21)17-13-3-5-14(6-4-13)19-8-1-2-9-19/h3-6,15,20H,1-2,7-12H2,(H,17,21)/t15-/m1/s1. The first-order chi connectivity index (χ1) is 10.2. The number of rotatable bonds is 4. The summed E-state index contributed by atoms with van der Waals surface area (Å²) in [4.78, 5) is 16.3. The number of hydrogen-bond donors (Lipinski definition) is 2. The highest BCUT2D eigenvalue weighted by Gasteiger charge is 2.22. The van der Waals surface area contributed by atoms with Crippen molar-refractivity contribution in [2.24, 2.45) is 0 Å². The molecular formula is C16H23N3O2. The van der Waals surface area contributed by atoms with Gasteiger partial charge >= 0.3 is 0 Å². The van der Waals surface area contributed by atoms with Crippen molar-refractivity contribution in [1.29, 1.82) is 0 Å². The lowest BCUT2D eigenvalue weighted by Crippen LogP contribution is -2.32. The van der Waals surface area contributed by atoms with Gasteiger partial charge in [-0.15, -0.1) is 0 Å². The normalized spacial score (nSPS) is 22.7. The minimum Gasteiger partial charge on any atom is -0.392 e. The van der Waals surface area contributed by atoms with Crippen LogP contribution in [0.4, 0.5) is 11.4 Å². The molecule has 2 heterocycles. The predicted octanol–water partition coefficient (Wildman–Crippen LogP) is 1.29. The summed E-state index contributed by atoms with van der Waals surface area (Å²) in [5.41, 5.74) is 2.07. The highest BCUT2D eigenvalue weighted by Crippen LogP contribution is 2.22. The molecule has 0 spiro atoms. The Morgan fingerprint density at radius 1 is 1.19 bits per heavy atom. The predicted molar refractivity (Wildman–Crippen MR) is 83.6 cm³/mol. The van der Waals surface area contributed by atoms with Crippen molar-refractivity contribution < 1.29 is 9.90 Å². The van der Waals surface area contributed by atoms with Crippen LogP contribution in [0, 0.1) is 0 Å². The molecule has 1 aromatic carbocycles. The Kier molecular flexibility index (Phi) is 4.41. The molecule has 0 saturated carbocycles. The quantitative estimate of drug-likeness (QED) is 0.877. The summed E-state index contributed by atoms with van der Waals surface area (Å²) in [5, 5.41) is 12.4. The Morgan fingerprint density at radius 2 is 1.90 bits per heavy atom. The zero-order valence-corrected chi connectivity index (χ0v) is 12.3. The molecule has 0 aliphatic carbocycles. The fraction of sp³-hybridized carbons (Fsp3) is 0.562. The average molecular weight is 289 g/mol. The molecule has 2 saturated heterocycles. The Labute approximate surface area is 125 Å². The number of amides is 1. The van der Waals surface area contributed by atoms with Gasteiger partial charge in [0.1, 0.15) is 0 Å². The van der Waals surface area contributed by atoms with Crippen LogP contribution in [0.2, 0.25) is 0 Å². The summed E-state index contributed by atoms with van der Waals surface area (Å²) in [6.45, 7) is 4.00. The molecule has 2 fully saturated rings. The average Bonchev–Trinajstić information content (AvgIpc) is 3.11. The number of nitrogens with zero attached hydrogens (tertiary/aromatic N) is 2. The van der Waals surface area contributed by atoms with Crippen molar-refractivity contribution in [3.8, 4) is 0 Å². The largest absolute Gasteiger partial charge is 0.392 e. The van der Waals surface area contributed by atoms with Crippen LogP contribution in [-0.2, 0) is 4.79 Å². The summed E-state index contributed by atoms with van der Waals surface area (Å²) >= 11 is 0. The maximum absolute atomic E-state index is 12.0. The number of benzene rings is 1. The van der Waals surface area contributed by atoms with E-state index >= 15 is 0 Å². The first-order valence-corrected chi connectivity index (χ1v) is 7.76. The zero-order valence-electron chi connectivity index (χ0n) is 12.3. The van der Waals surface area contributed by atoms with E-state index in [0.717, 1.165) is 31.7 Å². The van der Waals surface area contributed by atoms with E-state index in [1.165, 1.54) is 18.5 Å². The number of anilines is 2. The molecule has 2 aliphatic rings. The van der Waals surface area contributed by atoms with Crippen LogP contribution >= 0.6 is 0 Å². The topological polar surface area (TPSA) is 55.8 Å². The van der Waals surface area contributed by atoms with Crippen LogP contribution in [0.1, 0.15) is 19.3 Å². The first-order valence-electron chi connectivity index (χ1n) is 7.76. The molecule has 114 valence electrons. The van der Waals surface area contributed by atoms with Gasteiger partial charge in [0.25, 0.3) is 0 Å². The monoisotopic (exact) mass is 289 g/mol. The Hall–Kier alpha value is -1.59. The van der Waals surface area contributed by atoms with Crippen LogP contribution in [0.25, 0.3) is 0 Å². The molecule has 2 N–H and O–H groups in total. The summed E-state index contributed by atoms with van der Waals surface area (Å²) < 4.78 is 0. The second-order valence-electron chi connectivity index (χ2n) is 5.97. The number of hydrogen-bond acceptors (Lipinski definition) is 4. The molecule has 0 radical (unpaired) electrons. The number of likely N-dealkylation sites (tertiary alicyclic amines) is 1. The second kappa shape index (κ2) is 6.45. The lowest BCUT2D eigenvalue weighted by atomic mass is 10.2. The molecule has 5 nitrogen and oxygen atoms in total. The number of nitrogens with one attached hydrogen (secondary N) is 1. The molecule has 3 rings (SSSR count). The Balaban J connectivity index is 1.51. The minimum absolute atomic E-state index is 0.0157. The van der Waals surface area contributed by atoms with E-state index in [2.05, 4.69) is 22.3 Å². The molecule has 1 amide bonds. The van der Waals surface area contributed by atoms with Crippen molar-refractivity contribution >= 4 is 17.3 Å². The number of aliphatic hydroxyl groups excluding tert-OH is 1. The fourth-order valence-corrected chi connectivity index (χ4v) is 3.09. The maximum atomic E-state index is 12.0. The summed E-state index contributed by atoms with van der Waals surface area (Å²) in [5.74, 6) is -0.0157. The molecule has 21 heavy (non-hydrogen) atoms. The van der Waals surface area contributed by atoms with Gasteiger partial charge in [0.2, 0.25) is 5.91 Å². The van der Waals surface area contributed by atoms with Crippen LogP contribution in [0.5, 0.6) is 0 Å². The van der Waals surface area contributed by atoms with E-state index < -0.39 is 0 Å². The maximum Gasteiger partial charge on any atom is 0.238 e. The third kappa shape index (κ3) is 3.74. The van der Waals surface area contributed by atoms with Crippen molar-refractivity contribution in [1.82, 2.24) is 4.90 Å². The molecule has 0 bridgehead atoms. The summed E-state index contributed by atoms with van der Waals surface area (Å²) in [7, 11) is 0. The summed E-state index contributed by atoms with van der Waals surface area (Å²) in [6, 6.07) is 8.07. The third-order valence-corrected chi connectivity index (χ3v) is 4.24. The Bertz CT molecular complexity index is 483. The van der Waals surface area contributed by atoms with Gasteiger partial charge in [0.05, 0.1) is 12.6 Å². The Morgan fingerprint density at radius 3 is 2.52 bits per heavy atom. The molecule has 5 heteroatoms. The van der Waals surface area contributed by atoms with Crippen molar-refractivity contribution in [2.45, 2.75) is 25.4 Å². The zero-order chi connectivity index (χ0) is 14.7. The van der Waals surface area contributed by atoms with Crippen molar-refractivity contribution in [3.05, 3.63) is 24.3 Å². The summed E-state index contributed by atoms with van der Waals surface area (Å²) in [6.07, 6.45) is 3.01. The minimum atomic E-state index is -0.280. The third-order valence-electron chi connectivity index (χ3n) is 4.24. The van der Waals surface area contributed by atoms with Gasteiger partial charge in [0, 0.05) is 37.6 Å². The van der Waals surface area contributed by atoms with E-state index in [0.29, 0.717) is 13.1 Å². The van der Waals surface area contributed by atoms with Gasteiger partial charge in [-0.1, -0.05) is 0 Å². The molecule has 0 aromatic heterocycles. The molecular weight excluding hydrogens is 266 g/mol. The van der Waals surface area contributed by atoms with Crippen molar-refractivity contribution in [3.63, 3.8) is 0 Å². The van der Waals surface area contributed by atoms with Crippen molar-refractivity contribution in [2.75, 3.05) is 42.9 Å². The van der Waals surface area contributed by atoms with Gasteiger partial charge in [0.15, 0.2) is 0 Å². The van der Waals surface area contributed by atoms with Gasteiger partial charge in [-0.05, 0) is 43.5 Å². The molecule has 1 atom stereocenters. The van der Waals surface area contributed by atoms with E-state index in [1.807, 2.05) is 17.0 Å². The molecule has 2 aliphatic heterocycles. The van der Waals surface area contributed by atoms with Crippen LogP contribution in [-0.4, -0.2) is 54.7 Å².